The molecule has 1 unspecified atom stereocenters. The van der Waals surface area contributed by atoms with Crippen LogP contribution in [-0.4, -0.2) is 12.6 Å². The van der Waals surface area contributed by atoms with E-state index in [1.165, 1.54) is 30.4 Å². The fourth-order valence-corrected chi connectivity index (χ4v) is 2.09. The van der Waals surface area contributed by atoms with Gasteiger partial charge < -0.3 is 5.32 Å². The van der Waals surface area contributed by atoms with Crippen molar-refractivity contribution in [3.05, 3.63) is 35.4 Å². The summed E-state index contributed by atoms with van der Waals surface area (Å²) < 4.78 is 0. The van der Waals surface area contributed by atoms with Gasteiger partial charge in [0.15, 0.2) is 0 Å². The van der Waals surface area contributed by atoms with Gasteiger partial charge in [0.25, 0.3) is 0 Å². The molecule has 1 nitrogen and oxygen atoms in total. The van der Waals surface area contributed by atoms with Crippen LogP contribution in [-0.2, 0) is 12.8 Å². The van der Waals surface area contributed by atoms with Gasteiger partial charge >= 0.3 is 0 Å². The molecule has 1 aromatic rings. The SMILES string of the molecule is CCNC(CC)CCc1cccc(CC)c1. The standard InChI is InChI=1S/C15H25N/c1-4-13-8-7-9-14(12-13)10-11-15(5-2)16-6-3/h7-9,12,15-16H,4-6,10-11H2,1-3H3. The second kappa shape index (κ2) is 7.45. The molecule has 0 spiro atoms. The zero-order chi connectivity index (χ0) is 11.8. The first-order valence-corrected chi connectivity index (χ1v) is 6.61. The van der Waals surface area contributed by atoms with E-state index in [1.807, 2.05) is 0 Å². The van der Waals surface area contributed by atoms with Gasteiger partial charge in [0, 0.05) is 6.04 Å². The number of rotatable bonds is 7. The van der Waals surface area contributed by atoms with Crippen LogP contribution >= 0.6 is 0 Å². The number of hydrogen-bond acceptors (Lipinski definition) is 1. The van der Waals surface area contributed by atoms with Gasteiger partial charge in [-0.2, -0.15) is 0 Å². The highest BCUT2D eigenvalue weighted by atomic mass is 14.9. The Morgan fingerprint density at radius 1 is 1.12 bits per heavy atom. The van der Waals surface area contributed by atoms with Crippen molar-refractivity contribution in [1.82, 2.24) is 5.32 Å². The molecule has 0 radical (unpaired) electrons. The molecule has 1 atom stereocenters. The van der Waals surface area contributed by atoms with Crippen molar-refractivity contribution in [2.24, 2.45) is 0 Å². The molecule has 0 fully saturated rings. The maximum absolute atomic E-state index is 3.53. The van der Waals surface area contributed by atoms with Crippen LogP contribution in [0.4, 0.5) is 0 Å². The van der Waals surface area contributed by atoms with Crippen molar-refractivity contribution in [2.45, 2.75) is 52.5 Å². The lowest BCUT2D eigenvalue weighted by molar-refractivity contribution is 0.481. The van der Waals surface area contributed by atoms with Crippen LogP contribution in [0.15, 0.2) is 24.3 Å². The molecule has 1 aromatic carbocycles. The van der Waals surface area contributed by atoms with E-state index in [2.05, 4.69) is 50.4 Å². The van der Waals surface area contributed by atoms with E-state index in [-0.39, 0.29) is 0 Å². The Balaban J connectivity index is 2.46. The second-order valence-corrected chi connectivity index (χ2v) is 4.38. The molecule has 0 amide bonds. The molecule has 1 heteroatoms. The molecule has 1 rings (SSSR count). The molecular formula is C15H25N. The molecule has 0 bridgehead atoms. The normalized spacial score (nSPS) is 12.7. The fraction of sp³-hybridized carbons (Fsp3) is 0.600. The van der Waals surface area contributed by atoms with Crippen LogP contribution in [0.5, 0.6) is 0 Å². The minimum atomic E-state index is 0.676. The van der Waals surface area contributed by atoms with Crippen LogP contribution in [0, 0.1) is 0 Å². The van der Waals surface area contributed by atoms with Gasteiger partial charge in [-0.3, -0.25) is 0 Å². The number of nitrogens with one attached hydrogen (secondary N) is 1. The Labute approximate surface area is 100 Å². The van der Waals surface area contributed by atoms with E-state index in [4.69, 9.17) is 0 Å². The van der Waals surface area contributed by atoms with E-state index >= 15 is 0 Å². The highest BCUT2D eigenvalue weighted by molar-refractivity contribution is 5.23. The number of aryl methyl sites for hydroxylation is 2. The molecule has 0 aliphatic heterocycles. The summed E-state index contributed by atoms with van der Waals surface area (Å²) in [5.41, 5.74) is 2.93. The van der Waals surface area contributed by atoms with Crippen molar-refractivity contribution in [1.29, 1.82) is 0 Å². The molecule has 0 heterocycles. The zero-order valence-corrected chi connectivity index (χ0v) is 10.9. The van der Waals surface area contributed by atoms with Crippen LogP contribution in [0.2, 0.25) is 0 Å². The van der Waals surface area contributed by atoms with Crippen molar-refractivity contribution in [3.8, 4) is 0 Å². The zero-order valence-electron chi connectivity index (χ0n) is 10.9. The van der Waals surface area contributed by atoms with E-state index in [0.717, 1.165) is 13.0 Å². The number of benzene rings is 1. The largest absolute Gasteiger partial charge is 0.314 e. The van der Waals surface area contributed by atoms with Crippen LogP contribution < -0.4 is 5.32 Å². The summed E-state index contributed by atoms with van der Waals surface area (Å²) in [5, 5.41) is 3.53. The Kier molecular flexibility index (Phi) is 6.17. The van der Waals surface area contributed by atoms with Gasteiger partial charge in [0.1, 0.15) is 0 Å². The first-order valence-electron chi connectivity index (χ1n) is 6.61. The molecule has 0 aliphatic rings. The third-order valence-corrected chi connectivity index (χ3v) is 3.17. The Morgan fingerprint density at radius 3 is 2.50 bits per heavy atom. The minimum Gasteiger partial charge on any atom is -0.314 e. The lowest BCUT2D eigenvalue weighted by atomic mass is 10.0. The molecule has 0 aromatic heterocycles. The highest BCUT2D eigenvalue weighted by Crippen LogP contribution is 2.10. The van der Waals surface area contributed by atoms with Gasteiger partial charge in [-0.1, -0.05) is 45.0 Å². The average molecular weight is 219 g/mol. The van der Waals surface area contributed by atoms with Gasteiger partial charge in [-0.05, 0) is 43.4 Å². The maximum atomic E-state index is 3.53. The lowest BCUT2D eigenvalue weighted by Crippen LogP contribution is -2.28. The Morgan fingerprint density at radius 2 is 1.88 bits per heavy atom. The lowest BCUT2D eigenvalue weighted by Gasteiger charge is -2.15. The monoisotopic (exact) mass is 219 g/mol. The maximum Gasteiger partial charge on any atom is 0.00674 e. The average Bonchev–Trinajstić information content (AvgIpc) is 2.34. The van der Waals surface area contributed by atoms with E-state index in [0.29, 0.717) is 6.04 Å². The molecule has 0 saturated carbocycles. The van der Waals surface area contributed by atoms with E-state index in [1.54, 1.807) is 0 Å². The summed E-state index contributed by atoms with van der Waals surface area (Å²) in [4.78, 5) is 0. The van der Waals surface area contributed by atoms with E-state index < -0.39 is 0 Å². The Hall–Kier alpha value is -0.820. The van der Waals surface area contributed by atoms with Crippen LogP contribution in [0.25, 0.3) is 0 Å². The quantitative estimate of drug-likeness (QED) is 0.739. The van der Waals surface area contributed by atoms with Crippen LogP contribution in [0.3, 0.4) is 0 Å². The minimum absolute atomic E-state index is 0.676. The third kappa shape index (κ3) is 4.36. The predicted molar refractivity (Wildman–Crippen MR) is 71.9 cm³/mol. The first kappa shape index (κ1) is 13.2. The summed E-state index contributed by atoms with van der Waals surface area (Å²) in [5.74, 6) is 0. The highest BCUT2D eigenvalue weighted by Gasteiger charge is 2.04. The topological polar surface area (TPSA) is 12.0 Å². The van der Waals surface area contributed by atoms with Gasteiger partial charge in [0.05, 0.1) is 0 Å². The molecule has 16 heavy (non-hydrogen) atoms. The molecular weight excluding hydrogens is 194 g/mol. The smallest absolute Gasteiger partial charge is 0.00674 e. The van der Waals surface area contributed by atoms with Crippen molar-refractivity contribution >= 4 is 0 Å². The van der Waals surface area contributed by atoms with Gasteiger partial charge in [0.2, 0.25) is 0 Å². The van der Waals surface area contributed by atoms with E-state index in [9.17, 15) is 0 Å². The van der Waals surface area contributed by atoms with Crippen molar-refractivity contribution < 1.29 is 0 Å². The summed E-state index contributed by atoms with van der Waals surface area (Å²) >= 11 is 0. The predicted octanol–water partition coefficient (Wildman–Crippen LogP) is 3.57. The third-order valence-electron chi connectivity index (χ3n) is 3.17. The summed E-state index contributed by atoms with van der Waals surface area (Å²) in [6.45, 7) is 7.73. The van der Waals surface area contributed by atoms with Crippen LogP contribution in [0.1, 0.15) is 44.7 Å². The molecule has 0 aliphatic carbocycles. The summed E-state index contributed by atoms with van der Waals surface area (Å²) in [7, 11) is 0. The molecule has 90 valence electrons. The van der Waals surface area contributed by atoms with Gasteiger partial charge in [-0.15, -0.1) is 0 Å². The van der Waals surface area contributed by atoms with Gasteiger partial charge in [-0.25, -0.2) is 0 Å². The van der Waals surface area contributed by atoms with Crippen molar-refractivity contribution in [2.75, 3.05) is 6.54 Å². The fourth-order valence-electron chi connectivity index (χ4n) is 2.09. The molecule has 0 saturated heterocycles. The first-order chi connectivity index (χ1) is 7.80. The number of hydrogen-bond donors (Lipinski definition) is 1. The second-order valence-electron chi connectivity index (χ2n) is 4.38. The van der Waals surface area contributed by atoms with Crippen molar-refractivity contribution in [3.63, 3.8) is 0 Å². The summed E-state index contributed by atoms with van der Waals surface area (Å²) in [6, 6.07) is 9.67. The molecule has 1 N–H and O–H groups in total. The summed E-state index contributed by atoms with van der Waals surface area (Å²) in [6.07, 6.45) is 4.80. The Bertz CT molecular complexity index is 293.